The lowest BCUT2D eigenvalue weighted by atomic mass is 10.2. The van der Waals surface area contributed by atoms with Crippen LogP contribution in [0.4, 0.5) is 0 Å². The van der Waals surface area contributed by atoms with Gasteiger partial charge in [0, 0.05) is 6.07 Å². The van der Waals surface area contributed by atoms with Gasteiger partial charge in [0.15, 0.2) is 14.1 Å². The third-order valence-corrected chi connectivity index (χ3v) is 7.97. The van der Waals surface area contributed by atoms with Crippen molar-refractivity contribution in [3.63, 3.8) is 0 Å². The molecule has 0 fully saturated rings. The second-order valence-corrected chi connectivity index (χ2v) is 10.7. The van der Waals surface area contributed by atoms with E-state index in [4.69, 9.17) is 14.1 Å². The van der Waals surface area contributed by atoms with Crippen LogP contribution in [0.25, 0.3) is 0 Å². The van der Waals surface area contributed by atoms with Crippen molar-refractivity contribution in [2.45, 2.75) is 58.5 Å². The molecule has 0 radical (unpaired) electrons. The van der Waals surface area contributed by atoms with Crippen LogP contribution < -0.4 is 0 Å². The van der Waals surface area contributed by atoms with Gasteiger partial charge in [0.1, 0.15) is 11.8 Å². The SMILES string of the molecule is CC(O[Si](C)(C)C(C)(C)C)c1cc(CO)no1. The van der Waals surface area contributed by atoms with E-state index in [-0.39, 0.29) is 17.7 Å². The molecule has 1 atom stereocenters. The van der Waals surface area contributed by atoms with Crippen LogP contribution in [0.15, 0.2) is 10.6 Å². The van der Waals surface area contributed by atoms with Gasteiger partial charge in [-0.15, -0.1) is 0 Å². The predicted octanol–water partition coefficient (Wildman–Crippen LogP) is 3.25. The van der Waals surface area contributed by atoms with Crippen molar-refractivity contribution in [3.8, 4) is 0 Å². The Bertz CT molecular complexity index is 368. The summed E-state index contributed by atoms with van der Waals surface area (Å²) in [6.07, 6.45) is -0.122. The van der Waals surface area contributed by atoms with E-state index in [1.54, 1.807) is 6.07 Å². The van der Waals surface area contributed by atoms with E-state index >= 15 is 0 Å². The molecule has 17 heavy (non-hydrogen) atoms. The number of aliphatic hydroxyl groups is 1. The summed E-state index contributed by atoms with van der Waals surface area (Å²) in [5, 5.41) is 12.9. The van der Waals surface area contributed by atoms with Crippen LogP contribution in [0.2, 0.25) is 18.1 Å². The van der Waals surface area contributed by atoms with Crippen molar-refractivity contribution < 1.29 is 14.1 Å². The molecule has 0 amide bonds. The van der Waals surface area contributed by atoms with E-state index < -0.39 is 8.32 Å². The molecule has 1 unspecified atom stereocenters. The topological polar surface area (TPSA) is 55.5 Å². The fourth-order valence-corrected chi connectivity index (χ4v) is 2.62. The summed E-state index contributed by atoms with van der Waals surface area (Å²) >= 11 is 0. The number of hydrogen-bond acceptors (Lipinski definition) is 4. The third kappa shape index (κ3) is 3.40. The Kier molecular flexibility index (Phi) is 4.17. The minimum absolute atomic E-state index is 0.101. The number of nitrogens with zero attached hydrogens (tertiary/aromatic N) is 1. The van der Waals surface area contributed by atoms with Gasteiger partial charge in [-0.3, -0.25) is 0 Å². The first-order valence-corrected chi connectivity index (χ1v) is 8.82. The molecule has 0 bridgehead atoms. The lowest BCUT2D eigenvalue weighted by Crippen LogP contribution is -2.41. The predicted molar refractivity (Wildman–Crippen MR) is 69.1 cm³/mol. The first kappa shape index (κ1) is 14.4. The molecule has 0 aliphatic carbocycles. The van der Waals surface area contributed by atoms with Crippen molar-refractivity contribution in [2.24, 2.45) is 0 Å². The maximum absolute atomic E-state index is 8.94. The molecule has 0 saturated carbocycles. The van der Waals surface area contributed by atoms with Crippen molar-refractivity contribution >= 4 is 8.32 Å². The highest BCUT2D eigenvalue weighted by molar-refractivity contribution is 6.74. The molecule has 0 spiro atoms. The molecular formula is C12H23NO3Si. The van der Waals surface area contributed by atoms with Crippen LogP contribution in [0.1, 0.15) is 45.3 Å². The molecular weight excluding hydrogens is 234 g/mol. The number of hydrogen-bond donors (Lipinski definition) is 1. The Morgan fingerprint density at radius 1 is 1.47 bits per heavy atom. The van der Waals surface area contributed by atoms with Gasteiger partial charge >= 0.3 is 0 Å². The lowest BCUT2D eigenvalue weighted by Gasteiger charge is -2.37. The molecule has 5 heteroatoms. The highest BCUT2D eigenvalue weighted by Gasteiger charge is 2.39. The highest BCUT2D eigenvalue weighted by Crippen LogP contribution is 2.39. The first-order valence-electron chi connectivity index (χ1n) is 5.91. The zero-order chi connectivity index (χ0) is 13.3. The zero-order valence-corrected chi connectivity index (χ0v) is 12.6. The van der Waals surface area contributed by atoms with E-state index in [0.29, 0.717) is 11.5 Å². The van der Waals surface area contributed by atoms with Crippen molar-refractivity contribution in [1.82, 2.24) is 5.16 Å². The highest BCUT2D eigenvalue weighted by atomic mass is 28.4. The summed E-state index contributed by atoms with van der Waals surface area (Å²) in [4.78, 5) is 0. The summed E-state index contributed by atoms with van der Waals surface area (Å²) in [7, 11) is -1.80. The number of aromatic nitrogens is 1. The van der Waals surface area contributed by atoms with E-state index in [9.17, 15) is 0 Å². The molecule has 1 heterocycles. The third-order valence-electron chi connectivity index (χ3n) is 3.42. The molecule has 0 aromatic carbocycles. The fourth-order valence-electron chi connectivity index (χ4n) is 1.27. The Labute approximate surface area is 104 Å². The number of aliphatic hydroxyl groups excluding tert-OH is 1. The Morgan fingerprint density at radius 3 is 2.47 bits per heavy atom. The first-order chi connectivity index (χ1) is 7.67. The fraction of sp³-hybridized carbons (Fsp3) is 0.750. The summed E-state index contributed by atoms with van der Waals surface area (Å²) in [6, 6.07) is 1.75. The standard InChI is InChI=1S/C12H23NO3Si/c1-9(11-7-10(8-14)13-15-11)16-17(5,6)12(2,3)4/h7,9,14H,8H2,1-6H3. The van der Waals surface area contributed by atoms with Crippen LogP contribution in [-0.4, -0.2) is 18.6 Å². The van der Waals surface area contributed by atoms with Gasteiger partial charge < -0.3 is 14.1 Å². The average Bonchev–Trinajstić information content (AvgIpc) is 2.63. The monoisotopic (exact) mass is 257 g/mol. The minimum Gasteiger partial charge on any atom is -0.407 e. The summed E-state index contributed by atoms with van der Waals surface area (Å²) in [5.74, 6) is 0.680. The van der Waals surface area contributed by atoms with E-state index in [1.165, 1.54) is 0 Å². The van der Waals surface area contributed by atoms with Crippen LogP contribution in [0, 0.1) is 0 Å². The maximum Gasteiger partial charge on any atom is 0.193 e. The quantitative estimate of drug-likeness (QED) is 0.841. The van der Waals surface area contributed by atoms with Gasteiger partial charge in [0.2, 0.25) is 0 Å². The number of rotatable bonds is 4. The molecule has 0 saturated heterocycles. The lowest BCUT2D eigenvalue weighted by molar-refractivity contribution is 0.163. The minimum atomic E-state index is -1.80. The van der Waals surface area contributed by atoms with Crippen LogP contribution in [0.5, 0.6) is 0 Å². The largest absolute Gasteiger partial charge is 0.407 e. The molecule has 4 nitrogen and oxygen atoms in total. The van der Waals surface area contributed by atoms with E-state index in [2.05, 4.69) is 39.0 Å². The van der Waals surface area contributed by atoms with Crippen molar-refractivity contribution in [2.75, 3.05) is 0 Å². The van der Waals surface area contributed by atoms with Crippen LogP contribution in [-0.2, 0) is 11.0 Å². The van der Waals surface area contributed by atoms with Crippen molar-refractivity contribution in [1.29, 1.82) is 0 Å². The normalized spacial score (nSPS) is 15.0. The molecule has 1 N–H and O–H groups in total. The van der Waals surface area contributed by atoms with Gasteiger partial charge in [-0.05, 0) is 25.1 Å². The smallest absolute Gasteiger partial charge is 0.193 e. The second-order valence-electron chi connectivity index (χ2n) is 5.90. The Balaban J connectivity index is 2.75. The second kappa shape index (κ2) is 4.92. The Hall–Kier alpha value is -0.653. The van der Waals surface area contributed by atoms with Crippen LogP contribution >= 0.6 is 0 Å². The zero-order valence-electron chi connectivity index (χ0n) is 11.6. The van der Waals surface area contributed by atoms with Gasteiger partial charge in [0.05, 0.1) is 6.61 Å². The average molecular weight is 257 g/mol. The van der Waals surface area contributed by atoms with Gasteiger partial charge in [-0.1, -0.05) is 25.9 Å². The molecule has 98 valence electrons. The van der Waals surface area contributed by atoms with E-state index in [0.717, 1.165) is 0 Å². The van der Waals surface area contributed by atoms with Gasteiger partial charge in [-0.2, -0.15) is 0 Å². The van der Waals surface area contributed by atoms with Crippen molar-refractivity contribution in [3.05, 3.63) is 17.5 Å². The van der Waals surface area contributed by atoms with Gasteiger partial charge in [-0.25, -0.2) is 0 Å². The van der Waals surface area contributed by atoms with Crippen LogP contribution in [0.3, 0.4) is 0 Å². The molecule has 0 aliphatic heterocycles. The van der Waals surface area contributed by atoms with Gasteiger partial charge in [0.25, 0.3) is 0 Å². The summed E-state index contributed by atoms with van der Waals surface area (Å²) in [5.41, 5.74) is 0.547. The molecule has 0 aliphatic rings. The molecule has 1 aromatic heterocycles. The van der Waals surface area contributed by atoms with E-state index in [1.807, 2.05) is 6.92 Å². The summed E-state index contributed by atoms with van der Waals surface area (Å²) in [6.45, 7) is 12.9. The Morgan fingerprint density at radius 2 is 2.06 bits per heavy atom. The summed E-state index contributed by atoms with van der Waals surface area (Å²) < 4.78 is 11.3. The molecule has 1 rings (SSSR count). The maximum atomic E-state index is 8.94. The molecule has 1 aromatic rings.